The third-order valence-electron chi connectivity index (χ3n) is 1.88. The van der Waals surface area contributed by atoms with Gasteiger partial charge in [-0.05, 0) is 54.4 Å². The van der Waals surface area contributed by atoms with Gasteiger partial charge in [0.05, 0.1) is 17.2 Å². The summed E-state index contributed by atoms with van der Waals surface area (Å²) in [7, 11) is 0. The standard InChI is InChI=1S/C12H17BrO2/c1-9(2)14-6-7-15-12-5-4-10(3)8-11(12)13/h4-5,8-9H,6-7H2,1-3H3. The van der Waals surface area contributed by atoms with Crippen LogP contribution in [0.4, 0.5) is 0 Å². The lowest BCUT2D eigenvalue weighted by atomic mass is 10.2. The van der Waals surface area contributed by atoms with E-state index in [0.29, 0.717) is 13.2 Å². The Bertz CT molecular complexity index is 310. The summed E-state index contributed by atoms with van der Waals surface area (Å²) in [6.45, 7) is 7.29. The first-order valence-corrected chi connectivity index (χ1v) is 5.89. The van der Waals surface area contributed by atoms with Gasteiger partial charge in [-0.3, -0.25) is 0 Å². The maximum absolute atomic E-state index is 5.57. The minimum Gasteiger partial charge on any atom is -0.490 e. The molecule has 2 nitrogen and oxygen atoms in total. The van der Waals surface area contributed by atoms with Crippen molar-refractivity contribution in [2.45, 2.75) is 26.9 Å². The average molecular weight is 273 g/mol. The van der Waals surface area contributed by atoms with E-state index in [9.17, 15) is 0 Å². The summed E-state index contributed by atoms with van der Waals surface area (Å²) >= 11 is 3.46. The van der Waals surface area contributed by atoms with Gasteiger partial charge in [0, 0.05) is 0 Å². The topological polar surface area (TPSA) is 18.5 Å². The molecule has 3 heteroatoms. The summed E-state index contributed by atoms with van der Waals surface area (Å²) in [6.07, 6.45) is 0.259. The summed E-state index contributed by atoms with van der Waals surface area (Å²) in [4.78, 5) is 0. The molecule has 1 aromatic carbocycles. The molecule has 0 radical (unpaired) electrons. The third kappa shape index (κ3) is 4.67. The molecular formula is C12H17BrO2. The number of ether oxygens (including phenoxy) is 2. The van der Waals surface area contributed by atoms with E-state index in [1.54, 1.807) is 0 Å². The smallest absolute Gasteiger partial charge is 0.133 e. The molecule has 0 spiro atoms. The van der Waals surface area contributed by atoms with Crippen molar-refractivity contribution in [1.82, 2.24) is 0 Å². The fraction of sp³-hybridized carbons (Fsp3) is 0.500. The highest BCUT2D eigenvalue weighted by Crippen LogP contribution is 2.25. The number of benzene rings is 1. The van der Waals surface area contributed by atoms with Crippen molar-refractivity contribution in [2.24, 2.45) is 0 Å². The molecule has 0 N–H and O–H groups in total. The van der Waals surface area contributed by atoms with Crippen LogP contribution in [0.5, 0.6) is 5.75 Å². The molecule has 84 valence electrons. The van der Waals surface area contributed by atoms with Crippen molar-refractivity contribution < 1.29 is 9.47 Å². The van der Waals surface area contributed by atoms with Crippen LogP contribution in [0, 0.1) is 6.92 Å². The third-order valence-corrected chi connectivity index (χ3v) is 2.50. The lowest BCUT2D eigenvalue weighted by Gasteiger charge is -2.10. The van der Waals surface area contributed by atoms with Crippen molar-refractivity contribution in [3.8, 4) is 5.75 Å². The van der Waals surface area contributed by atoms with Crippen LogP contribution in [0.3, 0.4) is 0 Å². The highest BCUT2D eigenvalue weighted by molar-refractivity contribution is 9.10. The lowest BCUT2D eigenvalue weighted by Crippen LogP contribution is -2.11. The van der Waals surface area contributed by atoms with Gasteiger partial charge in [0.25, 0.3) is 0 Å². The molecule has 0 aromatic heterocycles. The highest BCUT2D eigenvalue weighted by Gasteiger charge is 2.01. The number of rotatable bonds is 5. The summed E-state index contributed by atoms with van der Waals surface area (Å²) in [5.74, 6) is 0.868. The normalized spacial score (nSPS) is 10.7. The molecule has 0 aliphatic rings. The lowest BCUT2D eigenvalue weighted by molar-refractivity contribution is 0.0551. The zero-order valence-corrected chi connectivity index (χ0v) is 11.0. The minimum absolute atomic E-state index is 0.259. The molecule has 0 fully saturated rings. The maximum Gasteiger partial charge on any atom is 0.133 e. The van der Waals surface area contributed by atoms with Gasteiger partial charge >= 0.3 is 0 Å². The van der Waals surface area contributed by atoms with Crippen LogP contribution in [0.2, 0.25) is 0 Å². The maximum atomic E-state index is 5.57. The van der Waals surface area contributed by atoms with Crippen LogP contribution in [0.1, 0.15) is 19.4 Å². The largest absolute Gasteiger partial charge is 0.490 e. The monoisotopic (exact) mass is 272 g/mol. The number of hydrogen-bond acceptors (Lipinski definition) is 2. The van der Waals surface area contributed by atoms with E-state index in [0.717, 1.165) is 10.2 Å². The van der Waals surface area contributed by atoms with E-state index in [4.69, 9.17) is 9.47 Å². The molecule has 0 aliphatic carbocycles. The SMILES string of the molecule is Cc1ccc(OCCOC(C)C)c(Br)c1. The Kier molecular flexibility index (Phi) is 5.12. The van der Waals surface area contributed by atoms with Crippen LogP contribution < -0.4 is 4.74 Å². The molecule has 0 saturated heterocycles. The van der Waals surface area contributed by atoms with Gasteiger partial charge in [-0.15, -0.1) is 0 Å². The predicted molar refractivity (Wildman–Crippen MR) is 65.5 cm³/mol. The Hall–Kier alpha value is -0.540. The Labute approximate surface area is 99.7 Å². The van der Waals surface area contributed by atoms with Gasteiger partial charge in [-0.1, -0.05) is 6.07 Å². The molecule has 1 aromatic rings. The first kappa shape index (κ1) is 12.5. The fourth-order valence-corrected chi connectivity index (χ4v) is 1.77. The number of hydrogen-bond donors (Lipinski definition) is 0. The fourth-order valence-electron chi connectivity index (χ4n) is 1.16. The Morgan fingerprint density at radius 3 is 2.60 bits per heavy atom. The van der Waals surface area contributed by atoms with Crippen LogP contribution in [-0.2, 0) is 4.74 Å². The van der Waals surface area contributed by atoms with E-state index in [1.807, 2.05) is 32.0 Å². The predicted octanol–water partition coefficient (Wildman–Crippen LogP) is 3.56. The van der Waals surface area contributed by atoms with E-state index < -0.39 is 0 Å². The van der Waals surface area contributed by atoms with E-state index in [-0.39, 0.29) is 6.10 Å². The number of aryl methyl sites for hydroxylation is 1. The van der Waals surface area contributed by atoms with Gasteiger partial charge < -0.3 is 9.47 Å². The molecule has 1 rings (SSSR count). The first-order chi connectivity index (χ1) is 7.09. The average Bonchev–Trinajstić information content (AvgIpc) is 2.14. The van der Waals surface area contributed by atoms with Crippen LogP contribution in [-0.4, -0.2) is 19.3 Å². The zero-order valence-electron chi connectivity index (χ0n) is 9.42. The molecule has 15 heavy (non-hydrogen) atoms. The second-order valence-corrected chi connectivity index (χ2v) is 4.56. The van der Waals surface area contributed by atoms with Gasteiger partial charge in [-0.2, -0.15) is 0 Å². The summed E-state index contributed by atoms with van der Waals surface area (Å²) < 4.78 is 11.9. The number of halogens is 1. The second kappa shape index (κ2) is 6.13. The van der Waals surface area contributed by atoms with Crippen LogP contribution in [0.15, 0.2) is 22.7 Å². The van der Waals surface area contributed by atoms with Gasteiger partial charge in [0.1, 0.15) is 12.4 Å². The molecule has 0 unspecified atom stereocenters. The van der Waals surface area contributed by atoms with E-state index in [2.05, 4.69) is 22.9 Å². The molecule has 0 amide bonds. The van der Waals surface area contributed by atoms with E-state index in [1.165, 1.54) is 5.56 Å². The second-order valence-electron chi connectivity index (χ2n) is 3.70. The molecular weight excluding hydrogens is 256 g/mol. The van der Waals surface area contributed by atoms with Crippen LogP contribution in [0.25, 0.3) is 0 Å². The summed E-state index contributed by atoms with van der Waals surface area (Å²) in [5, 5.41) is 0. The first-order valence-electron chi connectivity index (χ1n) is 5.10. The highest BCUT2D eigenvalue weighted by atomic mass is 79.9. The molecule has 0 saturated carbocycles. The summed E-state index contributed by atoms with van der Waals surface area (Å²) in [6, 6.07) is 6.04. The van der Waals surface area contributed by atoms with E-state index >= 15 is 0 Å². The van der Waals surface area contributed by atoms with Gasteiger partial charge in [-0.25, -0.2) is 0 Å². The van der Waals surface area contributed by atoms with Crippen molar-refractivity contribution in [3.05, 3.63) is 28.2 Å². The summed E-state index contributed by atoms with van der Waals surface area (Å²) in [5.41, 5.74) is 1.22. The Morgan fingerprint density at radius 1 is 1.27 bits per heavy atom. The quantitative estimate of drug-likeness (QED) is 0.764. The Morgan fingerprint density at radius 2 is 2.00 bits per heavy atom. The van der Waals surface area contributed by atoms with Crippen molar-refractivity contribution >= 4 is 15.9 Å². The van der Waals surface area contributed by atoms with Crippen molar-refractivity contribution in [3.63, 3.8) is 0 Å². The molecule has 0 heterocycles. The van der Waals surface area contributed by atoms with Crippen LogP contribution >= 0.6 is 15.9 Å². The van der Waals surface area contributed by atoms with Crippen molar-refractivity contribution in [1.29, 1.82) is 0 Å². The van der Waals surface area contributed by atoms with Gasteiger partial charge in [0.15, 0.2) is 0 Å². The molecule has 0 bridgehead atoms. The minimum atomic E-state index is 0.259. The molecule has 0 atom stereocenters. The zero-order chi connectivity index (χ0) is 11.3. The molecule has 0 aliphatic heterocycles. The van der Waals surface area contributed by atoms with Gasteiger partial charge in [0.2, 0.25) is 0 Å². The Balaban J connectivity index is 2.37. The van der Waals surface area contributed by atoms with Crippen molar-refractivity contribution in [2.75, 3.05) is 13.2 Å².